The molecule has 0 saturated heterocycles. The van der Waals surface area contributed by atoms with Crippen LogP contribution >= 0.6 is 27.3 Å². The Labute approximate surface area is 158 Å². The number of thiophene rings is 1. The second-order valence-corrected chi connectivity index (χ2v) is 7.96. The van der Waals surface area contributed by atoms with Crippen LogP contribution in [-0.4, -0.2) is 23.8 Å². The SMILES string of the molecule is CC(=O)Nc1ccc(NC(=O)C(C)NC(=O)c2ccc(Br)s2)cc1C. The lowest BCUT2D eigenvalue weighted by atomic mass is 10.1. The molecule has 2 rings (SSSR count). The standard InChI is InChI=1S/C17H18BrN3O3S/c1-9-8-12(4-5-13(9)20-11(3)22)21-16(23)10(2)19-17(24)14-6-7-15(18)25-14/h4-8,10H,1-3H3,(H,19,24)(H,20,22)(H,21,23). The molecule has 0 saturated carbocycles. The van der Waals surface area contributed by atoms with Gasteiger partial charge in [-0.15, -0.1) is 11.3 Å². The van der Waals surface area contributed by atoms with Crippen molar-refractivity contribution in [2.45, 2.75) is 26.8 Å². The molecule has 0 fully saturated rings. The Morgan fingerprint density at radius 1 is 1.12 bits per heavy atom. The van der Waals surface area contributed by atoms with Crippen molar-refractivity contribution in [3.63, 3.8) is 0 Å². The maximum absolute atomic E-state index is 12.3. The molecule has 1 aromatic heterocycles. The summed E-state index contributed by atoms with van der Waals surface area (Å²) in [5, 5.41) is 8.13. The molecule has 3 amide bonds. The molecular weight excluding hydrogens is 406 g/mol. The third-order valence-corrected chi connectivity index (χ3v) is 4.96. The van der Waals surface area contributed by atoms with Crippen LogP contribution in [0.4, 0.5) is 11.4 Å². The van der Waals surface area contributed by atoms with E-state index in [2.05, 4.69) is 31.9 Å². The Kier molecular flexibility index (Phi) is 6.33. The van der Waals surface area contributed by atoms with Crippen molar-refractivity contribution < 1.29 is 14.4 Å². The Morgan fingerprint density at radius 2 is 1.84 bits per heavy atom. The molecule has 1 heterocycles. The highest BCUT2D eigenvalue weighted by Gasteiger charge is 2.18. The fraction of sp³-hybridized carbons (Fsp3) is 0.235. The minimum absolute atomic E-state index is 0.156. The predicted molar refractivity (Wildman–Crippen MR) is 103 cm³/mol. The molecule has 3 N–H and O–H groups in total. The molecule has 25 heavy (non-hydrogen) atoms. The van der Waals surface area contributed by atoms with Gasteiger partial charge in [0, 0.05) is 18.3 Å². The first-order valence-corrected chi connectivity index (χ1v) is 9.12. The lowest BCUT2D eigenvalue weighted by Crippen LogP contribution is -2.41. The number of anilines is 2. The predicted octanol–water partition coefficient (Wildman–Crippen LogP) is 3.53. The Morgan fingerprint density at radius 3 is 2.40 bits per heavy atom. The lowest BCUT2D eigenvalue weighted by molar-refractivity contribution is -0.117. The monoisotopic (exact) mass is 423 g/mol. The van der Waals surface area contributed by atoms with Gasteiger partial charge in [-0.1, -0.05) is 0 Å². The first kappa shape index (κ1) is 19.1. The number of aryl methyl sites for hydroxylation is 1. The van der Waals surface area contributed by atoms with Crippen molar-refractivity contribution in [3.05, 3.63) is 44.6 Å². The highest BCUT2D eigenvalue weighted by Crippen LogP contribution is 2.22. The summed E-state index contributed by atoms with van der Waals surface area (Å²) in [4.78, 5) is 36.0. The van der Waals surface area contributed by atoms with Gasteiger partial charge in [0.2, 0.25) is 11.8 Å². The van der Waals surface area contributed by atoms with Crippen LogP contribution in [0.5, 0.6) is 0 Å². The number of hydrogen-bond acceptors (Lipinski definition) is 4. The number of rotatable bonds is 5. The number of carbonyl (C=O) groups is 3. The van der Waals surface area contributed by atoms with E-state index in [0.717, 1.165) is 9.35 Å². The fourth-order valence-electron chi connectivity index (χ4n) is 2.09. The second kappa shape index (κ2) is 8.26. The molecule has 0 spiro atoms. The fourth-order valence-corrected chi connectivity index (χ4v) is 3.38. The molecule has 0 aliphatic heterocycles. The van der Waals surface area contributed by atoms with Gasteiger partial charge in [0.25, 0.3) is 5.91 Å². The minimum atomic E-state index is -0.691. The molecule has 2 aromatic rings. The van der Waals surface area contributed by atoms with Crippen molar-refractivity contribution in [2.24, 2.45) is 0 Å². The van der Waals surface area contributed by atoms with Crippen molar-refractivity contribution in [3.8, 4) is 0 Å². The van der Waals surface area contributed by atoms with Crippen LogP contribution < -0.4 is 16.0 Å². The van der Waals surface area contributed by atoms with Gasteiger partial charge in [-0.25, -0.2) is 0 Å². The van der Waals surface area contributed by atoms with E-state index in [4.69, 9.17) is 0 Å². The maximum Gasteiger partial charge on any atom is 0.262 e. The van der Waals surface area contributed by atoms with Gasteiger partial charge >= 0.3 is 0 Å². The summed E-state index contributed by atoms with van der Waals surface area (Å²) in [5.74, 6) is -0.775. The van der Waals surface area contributed by atoms with E-state index in [0.29, 0.717) is 16.3 Å². The molecular formula is C17H18BrN3O3S. The third-order valence-electron chi connectivity index (χ3n) is 3.34. The normalized spacial score (nSPS) is 11.5. The van der Waals surface area contributed by atoms with Gasteiger partial charge in [-0.3, -0.25) is 14.4 Å². The van der Waals surface area contributed by atoms with Gasteiger partial charge in [0.05, 0.1) is 8.66 Å². The molecule has 1 aromatic carbocycles. The molecule has 0 radical (unpaired) electrons. The van der Waals surface area contributed by atoms with Crippen molar-refractivity contribution in [1.82, 2.24) is 5.32 Å². The van der Waals surface area contributed by atoms with E-state index in [-0.39, 0.29) is 17.7 Å². The third kappa shape index (κ3) is 5.40. The average molecular weight is 424 g/mol. The van der Waals surface area contributed by atoms with Crippen LogP contribution in [0.2, 0.25) is 0 Å². The van der Waals surface area contributed by atoms with Crippen molar-refractivity contribution in [1.29, 1.82) is 0 Å². The van der Waals surface area contributed by atoms with E-state index in [1.807, 2.05) is 6.92 Å². The van der Waals surface area contributed by atoms with Gasteiger partial charge in [-0.2, -0.15) is 0 Å². The van der Waals surface area contributed by atoms with Crippen molar-refractivity contribution >= 4 is 56.4 Å². The summed E-state index contributed by atoms with van der Waals surface area (Å²) in [6.07, 6.45) is 0. The van der Waals surface area contributed by atoms with Gasteiger partial charge in [0.1, 0.15) is 6.04 Å². The number of amides is 3. The summed E-state index contributed by atoms with van der Waals surface area (Å²) >= 11 is 4.60. The minimum Gasteiger partial charge on any atom is -0.340 e. The smallest absolute Gasteiger partial charge is 0.262 e. The van der Waals surface area contributed by atoms with Crippen molar-refractivity contribution in [2.75, 3.05) is 10.6 Å². The number of halogens is 1. The van der Waals surface area contributed by atoms with E-state index < -0.39 is 6.04 Å². The largest absolute Gasteiger partial charge is 0.340 e. The summed E-state index contributed by atoms with van der Waals surface area (Å²) < 4.78 is 0.851. The summed E-state index contributed by atoms with van der Waals surface area (Å²) in [6, 6.07) is 7.96. The highest BCUT2D eigenvalue weighted by atomic mass is 79.9. The molecule has 6 nitrogen and oxygen atoms in total. The van der Waals surface area contributed by atoms with Crippen LogP contribution in [0.15, 0.2) is 34.1 Å². The van der Waals surface area contributed by atoms with Gasteiger partial charge in [0.15, 0.2) is 0 Å². The zero-order valence-corrected chi connectivity index (χ0v) is 16.4. The Bertz CT molecular complexity index is 819. The van der Waals surface area contributed by atoms with Gasteiger partial charge in [-0.05, 0) is 65.7 Å². The second-order valence-electron chi connectivity index (χ2n) is 5.50. The highest BCUT2D eigenvalue weighted by molar-refractivity contribution is 9.11. The van der Waals surface area contributed by atoms with Crippen LogP contribution in [-0.2, 0) is 9.59 Å². The van der Waals surface area contributed by atoms with E-state index in [9.17, 15) is 14.4 Å². The van der Waals surface area contributed by atoms with Crippen LogP contribution in [0.25, 0.3) is 0 Å². The molecule has 0 aliphatic carbocycles. The first-order valence-electron chi connectivity index (χ1n) is 7.51. The zero-order chi connectivity index (χ0) is 18.6. The molecule has 1 atom stereocenters. The number of carbonyl (C=O) groups excluding carboxylic acids is 3. The molecule has 0 bridgehead atoms. The van der Waals surface area contributed by atoms with E-state index in [1.54, 1.807) is 37.3 Å². The summed E-state index contributed by atoms with van der Waals surface area (Å²) in [5.41, 5.74) is 2.11. The van der Waals surface area contributed by atoms with Gasteiger partial charge < -0.3 is 16.0 Å². The molecule has 132 valence electrons. The van der Waals surface area contributed by atoms with Crippen LogP contribution in [0.1, 0.15) is 29.1 Å². The molecule has 0 aliphatic rings. The maximum atomic E-state index is 12.3. The Hall–Kier alpha value is -2.19. The van der Waals surface area contributed by atoms with E-state index in [1.165, 1.54) is 18.3 Å². The lowest BCUT2D eigenvalue weighted by Gasteiger charge is -2.15. The molecule has 1 unspecified atom stereocenters. The summed E-state index contributed by atoms with van der Waals surface area (Å²) in [7, 11) is 0. The number of nitrogens with one attached hydrogen (secondary N) is 3. The Balaban J connectivity index is 1.97. The quantitative estimate of drug-likeness (QED) is 0.686. The van der Waals surface area contributed by atoms with E-state index >= 15 is 0 Å². The summed E-state index contributed by atoms with van der Waals surface area (Å²) in [6.45, 7) is 4.89. The number of hydrogen-bond donors (Lipinski definition) is 3. The zero-order valence-electron chi connectivity index (χ0n) is 14.0. The first-order chi connectivity index (χ1) is 11.8. The molecule has 8 heteroatoms. The topological polar surface area (TPSA) is 87.3 Å². The van der Waals surface area contributed by atoms with Crippen LogP contribution in [0.3, 0.4) is 0 Å². The average Bonchev–Trinajstić information content (AvgIpc) is 2.96. The number of benzene rings is 1. The van der Waals surface area contributed by atoms with Crippen LogP contribution in [0, 0.1) is 6.92 Å².